The first-order valence-electron chi connectivity index (χ1n) is 6.78. The van der Waals surface area contributed by atoms with Gasteiger partial charge in [-0.3, -0.25) is 0 Å². The van der Waals surface area contributed by atoms with Gasteiger partial charge in [-0.1, -0.05) is 46.4 Å². The molecule has 0 heterocycles. The zero-order valence-corrected chi connectivity index (χ0v) is 17.5. The van der Waals surface area contributed by atoms with Gasteiger partial charge in [0, 0.05) is 17.1 Å². The van der Waals surface area contributed by atoms with Crippen molar-refractivity contribution in [3.05, 3.63) is 66.6 Å². The van der Waals surface area contributed by atoms with Crippen molar-refractivity contribution in [2.45, 2.75) is 0 Å². The molecule has 2 aromatic carbocycles. The molecule has 1 radical (unpaired) electrons. The first kappa shape index (κ1) is 27.0. The normalized spacial score (nSPS) is 9.52. The quantitative estimate of drug-likeness (QED) is 0.410. The summed E-state index contributed by atoms with van der Waals surface area (Å²) in [5, 5.41) is 34.7. The molecule has 0 aliphatic rings. The summed E-state index contributed by atoms with van der Waals surface area (Å²) in [4.78, 5) is 42.5. The maximum Gasteiger partial charge on any atom is 0.336 e. The van der Waals surface area contributed by atoms with Crippen LogP contribution in [0.15, 0.2) is 24.3 Å². The Morgan fingerprint density at radius 2 is 0.621 bits per heavy atom. The molecule has 0 spiro atoms. The Hall–Kier alpha value is -2.00. The molecule has 0 aliphatic carbocycles. The summed E-state index contributed by atoms with van der Waals surface area (Å²) in [5.74, 6) is -5.44. The van der Waals surface area contributed by atoms with Crippen LogP contribution in [0.1, 0.15) is 41.4 Å². The fourth-order valence-corrected chi connectivity index (χ4v) is 2.46. The Balaban J connectivity index is 0.000000523. The zero-order valence-electron chi connectivity index (χ0n) is 13.5. The number of hydrogen-bond donors (Lipinski definition) is 4. The average molecular weight is 534 g/mol. The molecule has 8 nitrogen and oxygen atoms in total. The first-order valence-corrected chi connectivity index (χ1v) is 8.29. The largest absolute Gasteiger partial charge is 0.478 e. The molecule has 4 N–H and O–H groups in total. The number of carboxylic acids is 4. The minimum atomic E-state index is -1.36. The summed E-state index contributed by atoms with van der Waals surface area (Å²) in [6, 6.07) is 4.04. The second-order valence-corrected chi connectivity index (χ2v) is 6.47. The molecule has 0 atom stereocenters. The van der Waals surface area contributed by atoms with Crippen molar-refractivity contribution in [1.82, 2.24) is 0 Å². The molecule has 0 saturated heterocycles. The molecule has 0 saturated carbocycles. The predicted molar refractivity (Wildman–Crippen MR) is 101 cm³/mol. The first-order chi connectivity index (χ1) is 12.9. The van der Waals surface area contributed by atoms with E-state index in [4.69, 9.17) is 66.8 Å². The monoisotopic (exact) mass is 531 g/mol. The molecule has 0 bridgehead atoms. The molecule has 0 aromatic heterocycles. The molecule has 159 valence electrons. The van der Waals surface area contributed by atoms with E-state index in [0.717, 1.165) is 24.3 Å². The van der Waals surface area contributed by atoms with E-state index in [1.165, 1.54) is 0 Å². The second-order valence-electron chi connectivity index (χ2n) is 4.84. The third-order valence-electron chi connectivity index (χ3n) is 3.04. The van der Waals surface area contributed by atoms with Crippen LogP contribution in [0.2, 0.25) is 20.1 Å². The van der Waals surface area contributed by atoms with Crippen molar-refractivity contribution in [2.24, 2.45) is 0 Å². The number of aromatic carboxylic acids is 4. The topological polar surface area (TPSA) is 149 Å². The molecule has 0 unspecified atom stereocenters. The Kier molecular flexibility index (Phi) is 10.5. The van der Waals surface area contributed by atoms with E-state index >= 15 is 0 Å². The second kappa shape index (κ2) is 11.3. The van der Waals surface area contributed by atoms with Gasteiger partial charge in [0.1, 0.15) is 0 Å². The van der Waals surface area contributed by atoms with E-state index in [1.54, 1.807) is 0 Å². The van der Waals surface area contributed by atoms with Crippen LogP contribution >= 0.6 is 46.4 Å². The van der Waals surface area contributed by atoms with Crippen LogP contribution in [-0.2, 0) is 17.1 Å². The summed E-state index contributed by atoms with van der Waals surface area (Å²) in [6.45, 7) is 0. The third-order valence-corrected chi connectivity index (χ3v) is 4.49. The number of benzene rings is 2. The van der Waals surface area contributed by atoms with Crippen LogP contribution in [0, 0.1) is 0 Å². The maximum absolute atomic E-state index is 10.6. The van der Waals surface area contributed by atoms with Gasteiger partial charge in [-0.05, 0) is 24.3 Å². The Bertz CT molecular complexity index is 836. The summed E-state index contributed by atoms with van der Waals surface area (Å²) in [7, 11) is 0. The summed E-state index contributed by atoms with van der Waals surface area (Å²) >= 11 is 22.2. The Morgan fingerprint density at radius 1 is 0.483 bits per heavy atom. The van der Waals surface area contributed by atoms with Crippen molar-refractivity contribution < 1.29 is 56.7 Å². The number of carboxylic acid groups (broad SMARTS) is 4. The molecular weight excluding hydrogens is 526 g/mol. The van der Waals surface area contributed by atoms with Crippen molar-refractivity contribution >= 4 is 70.3 Å². The minimum Gasteiger partial charge on any atom is -0.478 e. The summed E-state index contributed by atoms with van der Waals surface area (Å²) in [6.07, 6.45) is 0. The van der Waals surface area contributed by atoms with Crippen molar-refractivity contribution in [3.63, 3.8) is 0 Å². The number of carbonyl (C=O) groups is 4. The number of hydrogen-bond acceptors (Lipinski definition) is 4. The molecule has 0 aliphatic heterocycles. The van der Waals surface area contributed by atoms with Gasteiger partial charge in [-0.25, -0.2) is 19.2 Å². The number of rotatable bonds is 4. The van der Waals surface area contributed by atoms with E-state index in [0.29, 0.717) is 0 Å². The Morgan fingerprint density at radius 3 is 0.724 bits per heavy atom. The van der Waals surface area contributed by atoms with E-state index in [-0.39, 0.29) is 59.4 Å². The van der Waals surface area contributed by atoms with Gasteiger partial charge in [-0.2, -0.15) is 0 Å². The maximum atomic E-state index is 10.6. The standard InChI is InChI=1S/2C8H4Cl2O4.Cu/c2*9-5-1-3(7(11)12)4(8(13)14)2-6(5)10;/h2*1-2H,(H,11,12)(H,13,14);. The van der Waals surface area contributed by atoms with Crippen molar-refractivity contribution in [2.75, 3.05) is 0 Å². The van der Waals surface area contributed by atoms with Crippen LogP contribution in [-0.4, -0.2) is 44.3 Å². The van der Waals surface area contributed by atoms with Crippen LogP contribution in [0.3, 0.4) is 0 Å². The van der Waals surface area contributed by atoms with E-state index < -0.39 is 23.9 Å². The minimum absolute atomic E-state index is 0. The molecular formula is C16H8Cl4CuO8. The summed E-state index contributed by atoms with van der Waals surface area (Å²) < 4.78 is 0. The van der Waals surface area contributed by atoms with Crippen molar-refractivity contribution in [1.29, 1.82) is 0 Å². The van der Waals surface area contributed by atoms with E-state index in [1.807, 2.05) is 0 Å². The molecule has 0 amide bonds. The van der Waals surface area contributed by atoms with Gasteiger partial charge < -0.3 is 20.4 Å². The molecule has 29 heavy (non-hydrogen) atoms. The van der Waals surface area contributed by atoms with Gasteiger partial charge in [0.05, 0.1) is 42.3 Å². The molecule has 13 heteroatoms. The molecule has 2 rings (SSSR count). The predicted octanol–water partition coefficient (Wildman–Crippen LogP) is 4.78. The van der Waals surface area contributed by atoms with Crippen LogP contribution in [0.25, 0.3) is 0 Å². The third kappa shape index (κ3) is 7.08. The molecule has 0 fully saturated rings. The van der Waals surface area contributed by atoms with Gasteiger partial charge in [-0.15, -0.1) is 0 Å². The smallest absolute Gasteiger partial charge is 0.336 e. The van der Waals surface area contributed by atoms with Crippen LogP contribution < -0.4 is 0 Å². The van der Waals surface area contributed by atoms with Crippen LogP contribution in [0.4, 0.5) is 0 Å². The SMILES string of the molecule is O=C(O)c1cc(Cl)c(Cl)cc1C(=O)O.O=C(O)c1cc(Cl)c(Cl)cc1C(=O)O.[Cu]. The van der Waals surface area contributed by atoms with Crippen LogP contribution in [0.5, 0.6) is 0 Å². The molecule has 2 aromatic rings. The van der Waals surface area contributed by atoms with Gasteiger partial charge in [0.2, 0.25) is 0 Å². The number of halogens is 4. The Labute approximate surface area is 193 Å². The van der Waals surface area contributed by atoms with Crippen molar-refractivity contribution in [3.8, 4) is 0 Å². The van der Waals surface area contributed by atoms with E-state index in [9.17, 15) is 19.2 Å². The summed E-state index contributed by atoms with van der Waals surface area (Å²) in [5.41, 5.74) is -1.53. The average Bonchev–Trinajstić information content (AvgIpc) is 2.58. The fourth-order valence-electron chi connectivity index (χ4n) is 1.80. The fraction of sp³-hybridized carbons (Fsp3) is 0. The zero-order chi connectivity index (χ0) is 21.8. The van der Waals surface area contributed by atoms with Gasteiger partial charge in [0.15, 0.2) is 0 Å². The van der Waals surface area contributed by atoms with Gasteiger partial charge >= 0.3 is 23.9 Å². The van der Waals surface area contributed by atoms with E-state index in [2.05, 4.69) is 0 Å². The van der Waals surface area contributed by atoms with Gasteiger partial charge in [0.25, 0.3) is 0 Å².